The summed E-state index contributed by atoms with van der Waals surface area (Å²) < 4.78 is 0. The van der Waals surface area contributed by atoms with Crippen LogP contribution < -0.4 is 0 Å². The number of hydrogen-bond acceptors (Lipinski definition) is 3. The highest BCUT2D eigenvalue weighted by atomic mass is 16.7. The molecule has 1 saturated heterocycles. The Bertz CT molecular complexity index is 361. The molecule has 0 aliphatic carbocycles. The number of rotatable bonds is 1. The number of nitrogens with zero attached hydrogens (tertiary/aromatic N) is 2. The monoisotopic (exact) mass is 188 g/mol. The zero-order valence-electron chi connectivity index (χ0n) is 7.89. The van der Waals surface area contributed by atoms with Crippen LogP contribution in [0.3, 0.4) is 0 Å². The van der Waals surface area contributed by atoms with Crippen LogP contribution in [0.15, 0.2) is 35.5 Å². The van der Waals surface area contributed by atoms with Crippen molar-refractivity contribution >= 4 is 5.84 Å². The summed E-state index contributed by atoms with van der Waals surface area (Å²) in [6.07, 6.45) is 2.50. The van der Waals surface area contributed by atoms with Crippen LogP contribution in [0.4, 0.5) is 0 Å². The Labute approximate surface area is 83.0 Å². The third-order valence-electron chi connectivity index (χ3n) is 2.76. The topological polar surface area (TPSA) is 24.8 Å². The molecule has 2 heterocycles. The first-order valence-electron chi connectivity index (χ1n) is 5.01. The molecule has 0 saturated carbocycles. The van der Waals surface area contributed by atoms with Gasteiger partial charge < -0.3 is 9.74 Å². The lowest BCUT2D eigenvalue weighted by atomic mass is 10.2. The third-order valence-corrected chi connectivity index (χ3v) is 2.76. The average molecular weight is 188 g/mol. The maximum Gasteiger partial charge on any atom is 0.201 e. The number of oxime groups is 1. The van der Waals surface area contributed by atoms with Crippen molar-refractivity contribution < 1.29 is 4.84 Å². The minimum Gasteiger partial charge on any atom is -0.368 e. The van der Waals surface area contributed by atoms with Crippen molar-refractivity contribution in [2.75, 3.05) is 6.54 Å². The smallest absolute Gasteiger partial charge is 0.201 e. The van der Waals surface area contributed by atoms with Gasteiger partial charge in [-0.15, -0.1) is 0 Å². The fraction of sp³-hybridized carbons (Fsp3) is 0.364. The van der Waals surface area contributed by atoms with Crippen LogP contribution >= 0.6 is 0 Å². The van der Waals surface area contributed by atoms with Crippen molar-refractivity contribution in [2.24, 2.45) is 5.16 Å². The Morgan fingerprint density at radius 1 is 1.29 bits per heavy atom. The van der Waals surface area contributed by atoms with E-state index in [9.17, 15) is 0 Å². The Balaban J connectivity index is 1.93. The second kappa shape index (κ2) is 3.01. The van der Waals surface area contributed by atoms with Crippen molar-refractivity contribution in [2.45, 2.75) is 19.1 Å². The Morgan fingerprint density at radius 3 is 3.00 bits per heavy atom. The highest BCUT2D eigenvalue weighted by Crippen LogP contribution is 2.26. The van der Waals surface area contributed by atoms with Gasteiger partial charge in [0.15, 0.2) is 5.84 Å². The minimum atomic E-state index is 0.199. The van der Waals surface area contributed by atoms with Crippen molar-refractivity contribution in [3.63, 3.8) is 0 Å². The van der Waals surface area contributed by atoms with Gasteiger partial charge >= 0.3 is 0 Å². The summed E-state index contributed by atoms with van der Waals surface area (Å²) in [4.78, 5) is 7.60. The number of benzene rings is 1. The first kappa shape index (κ1) is 7.85. The molecule has 0 radical (unpaired) electrons. The van der Waals surface area contributed by atoms with E-state index in [-0.39, 0.29) is 6.23 Å². The highest BCUT2D eigenvalue weighted by molar-refractivity contribution is 5.99. The van der Waals surface area contributed by atoms with Crippen molar-refractivity contribution in [1.82, 2.24) is 4.90 Å². The van der Waals surface area contributed by atoms with Crippen LogP contribution in [0, 0.1) is 0 Å². The SMILES string of the molecule is c1ccc(C2=NOC3CCCN23)cc1. The molecule has 3 rings (SSSR count). The van der Waals surface area contributed by atoms with Gasteiger partial charge in [0.05, 0.1) is 0 Å². The largest absolute Gasteiger partial charge is 0.368 e. The molecule has 14 heavy (non-hydrogen) atoms. The molecule has 1 fully saturated rings. The summed E-state index contributed by atoms with van der Waals surface area (Å²) >= 11 is 0. The fourth-order valence-corrected chi connectivity index (χ4v) is 2.06. The van der Waals surface area contributed by atoms with Crippen LogP contribution in [0.2, 0.25) is 0 Å². The Kier molecular flexibility index (Phi) is 1.69. The summed E-state index contributed by atoms with van der Waals surface area (Å²) in [7, 11) is 0. The summed E-state index contributed by atoms with van der Waals surface area (Å²) in [6.45, 7) is 1.07. The van der Waals surface area contributed by atoms with E-state index in [1.807, 2.05) is 18.2 Å². The summed E-state index contributed by atoms with van der Waals surface area (Å²) in [6, 6.07) is 10.2. The van der Waals surface area contributed by atoms with Gasteiger partial charge in [-0.05, 0) is 6.42 Å². The first-order valence-corrected chi connectivity index (χ1v) is 5.01. The van der Waals surface area contributed by atoms with E-state index < -0.39 is 0 Å². The first-order chi connectivity index (χ1) is 6.95. The Morgan fingerprint density at radius 2 is 2.14 bits per heavy atom. The van der Waals surface area contributed by atoms with Gasteiger partial charge in [-0.25, -0.2) is 0 Å². The Hall–Kier alpha value is -1.51. The molecule has 1 atom stereocenters. The second-order valence-corrected chi connectivity index (χ2v) is 3.68. The van der Waals surface area contributed by atoms with Crippen molar-refractivity contribution in [3.8, 4) is 0 Å². The molecule has 0 spiro atoms. The predicted molar refractivity (Wildman–Crippen MR) is 53.8 cm³/mol. The molecule has 2 aliphatic heterocycles. The molecular formula is C11H12N2O. The molecule has 2 aliphatic rings. The molecule has 1 aromatic carbocycles. The summed E-state index contributed by atoms with van der Waals surface area (Å²) in [5.41, 5.74) is 1.15. The van der Waals surface area contributed by atoms with E-state index in [1.54, 1.807) is 0 Å². The maximum atomic E-state index is 5.36. The molecule has 0 aromatic heterocycles. The van der Waals surface area contributed by atoms with E-state index in [1.165, 1.54) is 6.42 Å². The van der Waals surface area contributed by atoms with Gasteiger partial charge in [0.2, 0.25) is 6.23 Å². The second-order valence-electron chi connectivity index (χ2n) is 3.68. The van der Waals surface area contributed by atoms with Crippen LogP contribution in [-0.4, -0.2) is 23.5 Å². The highest BCUT2D eigenvalue weighted by Gasteiger charge is 2.34. The van der Waals surface area contributed by atoms with Gasteiger partial charge in [0.1, 0.15) is 0 Å². The standard InChI is InChI=1S/C11H12N2O/c1-2-5-9(6-3-1)11-12-14-10-7-4-8-13(10)11/h1-3,5-6,10H,4,7-8H2. The molecule has 0 N–H and O–H groups in total. The quantitative estimate of drug-likeness (QED) is 0.671. The van der Waals surface area contributed by atoms with Gasteiger partial charge in [-0.3, -0.25) is 0 Å². The van der Waals surface area contributed by atoms with E-state index in [0.717, 1.165) is 24.4 Å². The molecule has 3 heteroatoms. The number of fused-ring (bicyclic) bond motifs is 1. The molecule has 0 bridgehead atoms. The lowest BCUT2D eigenvalue weighted by molar-refractivity contribution is 0.0329. The van der Waals surface area contributed by atoms with Crippen molar-refractivity contribution in [3.05, 3.63) is 35.9 Å². The van der Waals surface area contributed by atoms with Crippen LogP contribution in [0.5, 0.6) is 0 Å². The molecule has 1 aromatic rings. The predicted octanol–water partition coefficient (Wildman–Crippen LogP) is 1.80. The number of hydrogen-bond donors (Lipinski definition) is 0. The van der Waals surface area contributed by atoms with E-state index in [2.05, 4.69) is 22.2 Å². The fourth-order valence-electron chi connectivity index (χ4n) is 2.06. The molecule has 1 unspecified atom stereocenters. The summed E-state index contributed by atoms with van der Waals surface area (Å²) in [5, 5.41) is 4.13. The van der Waals surface area contributed by atoms with Crippen LogP contribution in [-0.2, 0) is 4.84 Å². The summed E-state index contributed by atoms with van der Waals surface area (Å²) in [5.74, 6) is 0.994. The molecule has 0 amide bonds. The lowest BCUT2D eigenvalue weighted by Gasteiger charge is -2.16. The molecule has 3 nitrogen and oxygen atoms in total. The number of amidine groups is 1. The van der Waals surface area contributed by atoms with Gasteiger partial charge in [-0.2, -0.15) is 0 Å². The normalized spacial score (nSPS) is 24.4. The van der Waals surface area contributed by atoms with E-state index in [4.69, 9.17) is 4.84 Å². The molecular weight excluding hydrogens is 176 g/mol. The third kappa shape index (κ3) is 1.09. The van der Waals surface area contributed by atoms with Gasteiger partial charge in [0.25, 0.3) is 0 Å². The molecule has 72 valence electrons. The maximum absolute atomic E-state index is 5.36. The van der Waals surface area contributed by atoms with Crippen LogP contribution in [0.25, 0.3) is 0 Å². The van der Waals surface area contributed by atoms with Gasteiger partial charge in [-0.1, -0.05) is 35.5 Å². The minimum absolute atomic E-state index is 0.199. The average Bonchev–Trinajstić information content (AvgIpc) is 2.79. The van der Waals surface area contributed by atoms with E-state index >= 15 is 0 Å². The van der Waals surface area contributed by atoms with Crippen molar-refractivity contribution in [1.29, 1.82) is 0 Å². The zero-order chi connectivity index (χ0) is 9.38. The van der Waals surface area contributed by atoms with Gasteiger partial charge in [0, 0.05) is 18.5 Å². The van der Waals surface area contributed by atoms with E-state index in [0.29, 0.717) is 0 Å². The van der Waals surface area contributed by atoms with Crippen LogP contribution in [0.1, 0.15) is 18.4 Å². The zero-order valence-corrected chi connectivity index (χ0v) is 7.89. The lowest BCUT2D eigenvalue weighted by Crippen LogP contribution is -2.30.